The largest absolute Gasteiger partial charge is 0.478 e. The van der Waals surface area contributed by atoms with Gasteiger partial charge in [-0.1, -0.05) is 24.3 Å². The first-order chi connectivity index (χ1) is 10.2. The van der Waals surface area contributed by atoms with E-state index in [-0.39, 0.29) is 0 Å². The van der Waals surface area contributed by atoms with Gasteiger partial charge >= 0.3 is 5.97 Å². The molecule has 0 saturated carbocycles. The Morgan fingerprint density at radius 3 is 2.67 bits per heavy atom. The molecule has 21 heavy (non-hydrogen) atoms. The number of carbonyl (C=O) groups is 1. The summed E-state index contributed by atoms with van der Waals surface area (Å²) in [6, 6.07) is 7.32. The summed E-state index contributed by atoms with van der Waals surface area (Å²) in [6.45, 7) is 3.27. The summed E-state index contributed by atoms with van der Waals surface area (Å²) in [6.07, 6.45) is 11.1. The van der Waals surface area contributed by atoms with Crippen molar-refractivity contribution in [1.29, 1.82) is 0 Å². The van der Waals surface area contributed by atoms with E-state index in [1.807, 2.05) is 12.1 Å². The Morgan fingerprint density at radius 1 is 1.19 bits per heavy atom. The molecule has 1 fully saturated rings. The zero-order chi connectivity index (χ0) is 14.7. The van der Waals surface area contributed by atoms with E-state index in [4.69, 9.17) is 5.11 Å². The van der Waals surface area contributed by atoms with Gasteiger partial charge in [0.15, 0.2) is 0 Å². The minimum Gasteiger partial charge on any atom is -0.478 e. The lowest BCUT2D eigenvalue weighted by Crippen LogP contribution is -2.43. The molecular formula is C18H23NO2. The van der Waals surface area contributed by atoms with E-state index < -0.39 is 5.97 Å². The van der Waals surface area contributed by atoms with Crippen LogP contribution in [0.5, 0.6) is 0 Å². The molecule has 3 heteroatoms. The molecule has 1 aliphatic heterocycles. The van der Waals surface area contributed by atoms with Crippen molar-refractivity contribution >= 4 is 5.97 Å². The maximum absolute atomic E-state index is 10.9. The average molecular weight is 285 g/mol. The van der Waals surface area contributed by atoms with E-state index in [0.717, 1.165) is 13.1 Å². The Hall–Kier alpha value is -1.61. The molecule has 1 N–H and O–H groups in total. The van der Waals surface area contributed by atoms with Crippen LogP contribution >= 0.6 is 0 Å². The maximum atomic E-state index is 10.9. The van der Waals surface area contributed by atoms with Crippen LogP contribution in [0.1, 0.15) is 48.0 Å². The van der Waals surface area contributed by atoms with Crippen LogP contribution in [-0.2, 0) is 6.54 Å². The number of hydrogen-bond acceptors (Lipinski definition) is 2. The molecule has 3 rings (SSSR count). The third-order valence-electron chi connectivity index (χ3n) is 4.91. The van der Waals surface area contributed by atoms with Crippen LogP contribution in [0, 0.1) is 5.41 Å². The molecule has 1 spiro atoms. The van der Waals surface area contributed by atoms with Gasteiger partial charge in [0.25, 0.3) is 0 Å². The molecule has 1 aromatic rings. The minimum absolute atomic E-state index is 0.367. The van der Waals surface area contributed by atoms with Crippen LogP contribution in [0.15, 0.2) is 36.4 Å². The summed E-state index contributed by atoms with van der Waals surface area (Å²) in [5.41, 5.74) is 2.07. The molecule has 3 nitrogen and oxygen atoms in total. The van der Waals surface area contributed by atoms with Crippen LogP contribution in [0.2, 0.25) is 0 Å². The summed E-state index contributed by atoms with van der Waals surface area (Å²) in [7, 11) is 0. The van der Waals surface area contributed by atoms with Gasteiger partial charge in [0.1, 0.15) is 0 Å². The maximum Gasteiger partial charge on any atom is 0.335 e. The van der Waals surface area contributed by atoms with E-state index in [1.54, 1.807) is 12.1 Å². The van der Waals surface area contributed by atoms with Crippen molar-refractivity contribution in [1.82, 2.24) is 4.90 Å². The zero-order valence-electron chi connectivity index (χ0n) is 12.4. The van der Waals surface area contributed by atoms with Gasteiger partial charge in [0, 0.05) is 13.1 Å². The lowest BCUT2D eigenvalue weighted by atomic mass is 9.71. The van der Waals surface area contributed by atoms with Crippen molar-refractivity contribution in [3.63, 3.8) is 0 Å². The fourth-order valence-electron chi connectivity index (χ4n) is 3.77. The van der Waals surface area contributed by atoms with Crippen molar-refractivity contribution in [2.75, 3.05) is 13.1 Å². The van der Waals surface area contributed by atoms with Gasteiger partial charge in [-0.05, 0) is 61.8 Å². The highest BCUT2D eigenvalue weighted by Gasteiger charge is 2.34. The van der Waals surface area contributed by atoms with Crippen molar-refractivity contribution < 1.29 is 9.90 Å². The fourth-order valence-corrected chi connectivity index (χ4v) is 3.77. The Morgan fingerprint density at radius 2 is 2.00 bits per heavy atom. The summed E-state index contributed by atoms with van der Waals surface area (Å²) in [5, 5.41) is 8.95. The fraction of sp³-hybridized carbons (Fsp3) is 0.500. The summed E-state index contributed by atoms with van der Waals surface area (Å²) in [4.78, 5) is 13.4. The van der Waals surface area contributed by atoms with Crippen LogP contribution in [0.3, 0.4) is 0 Å². The van der Waals surface area contributed by atoms with Crippen molar-refractivity contribution in [2.24, 2.45) is 5.41 Å². The Labute approximate surface area is 126 Å². The molecule has 112 valence electrons. The number of aromatic carboxylic acids is 1. The predicted molar refractivity (Wildman–Crippen MR) is 83.3 cm³/mol. The first-order valence-corrected chi connectivity index (χ1v) is 7.87. The highest BCUT2D eigenvalue weighted by molar-refractivity contribution is 5.87. The van der Waals surface area contributed by atoms with Crippen LogP contribution in [0.4, 0.5) is 0 Å². The van der Waals surface area contributed by atoms with Gasteiger partial charge in [-0.2, -0.15) is 0 Å². The van der Waals surface area contributed by atoms with Crippen LogP contribution in [-0.4, -0.2) is 29.1 Å². The molecule has 1 aromatic carbocycles. The highest BCUT2D eigenvalue weighted by Crippen LogP contribution is 2.41. The number of hydrogen-bond donors (Lipinski definition) is 1. The molecule has 2 aliphatic rings. The molecule has 1 saturated heterocycles. The Bertz CT molecular complexity index is 535. The number of carboxylic acids is 1. The van der Waals surface area contributed by atoms with Gasteiger partial charge < -0.3 is 5.11 Å². The average Bonchev–Trinajstić information content (AvgIpc) is 2.49. The molecule has 0 bridgehead atoms. The van der Waals surface area contributed by atoms with Gasteiger partial charge in [-0.3, -0.25) is 4.90 Å². The second-order valence-corrected chi connectivity index (χ2v) is 6.53. The lowest BCUT2D eigenvalue weighted by molar-refractivity contribution is 0.0696. The smallest absolute Gasteiger partial charge is 0.335 e. The molecule has 1 heterocycles. The molecule has 1 atom stereocenters. The number of allylic oxidation sites excluding steroid dienone is 2. The Balaban J connectivity index is 1.64. The normalized spacial score (nSPS) is 26.1. The molecule has 0 aromatic heterocycles. The number of piperidine rings is 1. The van der Waals surface area contributed by atoms with E-state index >= 15 is 0 Å². The van der Waals surface area contributed by atoms with Gasteiger partial charge in [0.05, 0.1) is 5.56 Å². The number of nitrogens with zero attached hydrogens (tertiary/aromatic N) is 1. The van der Waals surface area contributed by atoms with Crippen LogP contribution in [0.25, 0.3) is 0 Å². The highest BCUT2D eigenvalue weighted by atomic mass is 16.4. The molecule has 0 radical (unpaired) electrons. The quantitative estimate of drug-likeness (QED) is 0.861. The summed E-state index contributed by atoms with van der Waals surface area (Å²) < 4.78 is 0. The first kappa shape index (κ1) is 14.3. The standard InChI is InChI=1S/C18H23NO2/c20-17(21)16-7-5-15(6-8-16)13-19-12-4-11-18(14-19)9-2-1-3-10-18/h1-2,5-8H,3-4,9-14H2,(H,20,21). The Kier molecular flexibility index (Phi) is 4.11. The van der Waals surface area contributed by atoms with Gasteiger partial charge in [-0.15, -0.1) is 0 Å². The van der Waals surface area contributed by atoms with E-state index in [1.165, 1.54) is 44.2 Å². The third-order valence-corrected chi connectivity index (χ3v) is 4.91. The second kappa shape index (κ2) is 6.02. The number of likely N-dealkylation sites (tertiary alicyclic amines) is 1. The summed E-state index contributed by atoms with van der Waals surface area (Å²) in [5.74, 6) is -0.854. The van der Waals surface area contributed by atoms with Gasteiger partial charge in [0.2, 0.25) is 0 Å². The third kappa shape index (κ3) is 3.35. The lowest BCUT2D eigenvalue weighted by Gasteiger charge is -2.44. The number of rotatable bonds is 3. The number of benzene rings is 1. The molecule has 0 amide bonds. The molecular weight excluding hydrogens is 262 g/mol. The second-order valence-electron chi connectivity index (χ2n) is 6.53. The predicted octanol–water partition coefficient (Wildman–Crippen LogP) is 3.71. The van der Waals surface area contributed by atoms with Crippen molar-refractivity contribution in [3.05, 3.63) is 47.5 Å². The summed E-state index contributed by atoms with van der Waals surface area (Å²) >= 11 is 0. The number of carboxylic acid groups (broad SMARTS) is 1. The van der Waals surface area contributed by atoms with E-state index in [2.05, 4.69) is 17.1 Å². The van der Waals surface area contributed by atoms with E-state index in [0.29, 0.717) is 11.0 Å². The molecule has 1 unspecified atom stereocenters. The monoisotopic (exact) mass is 285 g/mol. The van der Waals surface area contributed by atoms with Crippen molar-refractivity contribution in [3.8, 4) is 0 Å². The SMILES string of the molecule is O=C(O)c1ccc(CN2CCCC3(CC=CCC3)C2)cc1. The topological polar surface area (TPSA) is 40.5 Å². The van der Waals surface area contributed by atoms with Crippen LogP contribution < -0.4 is 0 Å². The first-order valence-electron chi connectivity index (χ1n) is 7.87. The minimum atomic E-state index is -0.854. The van der Waals surface area contributed by atoms with E-state index in [9.17, 15) is 4.79 Å². The molecule has 1 aliphatic carbocycles. The van der Waals surface area contributed by atoms with Gasteiger partial charge in [-0.25, -0.2) is 4.79 Å². The van der Waals surface area contributed by atoms with Crippen molar-refractivity contribution in [2.45, 2.75) is 38.6 Å². The zero-order valence-corrected chi connectivity index (χ0v) is 12.4.